The van der Waals surface area contributed by atoms with E-state index in [0.717, 1.165) is 4.90 Å². The first-order valence-electron chi connectivity index (χ1n) is 11.4. The van der Waals surface area contributed by atoms with Crippen molar-refractivity contribution in [3.05, 3.63) is 34.9 Å². The average molecular weight is 491 g/mol. The number of nitrogens with one attached hydrogen (secondary N) is 1. The van der Waals surface area contributed by atoms with Gasteiger partial charge in [0.15, 0.2) is 6.10 Å². The Kier molecular flexibility index (Phi) is 9.43. The molecule has 0 saturated carbocycles. The molecule has 2 aliphatic heterocycles. The molecule has 0 bridgehead atoms. The van der Waals surface area contributed by atoms with Crippen molar-refractivity contribution in [2.75, 3.05) is 46.2 Å². The Morgan fingerprint density at radius 3 is 2.31 bits per heavy atom. The summed E-state index contributed by atoms with van der Waals surface area (Å²) in [6.45, 7) is 4.29. The Labute approximate surface area is 202 Å². The van der Waals surface area contributed by atoms with Crippen molar-refractivity contribution < 1.29 is 42.9 Å². The summed E-state index contributed by atoms with van der Waals surface area (Å²) >= 11 is 0. The molecule has 190 valence electrons. The van der Waals surface area contributed by atoms with E-state index in [-0.39, 0.29) is 42.7 Å². The second kappa shape index (κ2) is 12.5. The standard InChI is InChI=1S/C23H29N3O9/c1-2-32-8-9-33-10-11-34-12-13-35-19(20(24)28)14-4-3-5-15-18(14)23(31)26(22(15)30)16-6-7-17(27)25-21(16)29/h3-5,16,19H,2,6-13H2,1H3,(H2,24,28)(H,25,27,29). The number of ether oxygens (including phenoxy) is 4. The van der Waals surface area contributed by atoms with Crippen LogP contribution in [0.15, 0.2) is 18.2 Å². The molecule has 1 fully saturated rings. The van der Waals surface area contributed by atoms with Gasteiger partial charge in [-0.05, 0) is 19.4 Å². The number of piperidine rings is 1. The normalized spacial score (nSPS) is 18.5. The SMILES string of the molecule is CCOCCOCCOCCOC(C(N)=O)c1cccc2c1C(=O)N(C1CCC(=O)NC1=O)C2=O. The molecule has 1 aromatic carbocycles. The van der Waals surface area contributed by atoms with Crippen molar-refractivity contribution in [2.45, 2.75) is 31.9 Å². The molecule has 0 radical (unpaired) electrons. The van der Waals surface area contributed by atoms with E-state index >= 15 is 0 Å². The largest absolute Gasteiger partial charge is 0.379 e. The molecular formula is C23H29N3O9. The summed E-state index contributed by atoms with van der Waals surface area (Å²) in [5.74, 6) is -3.47. The Balaban J connectivity index is 1.62. The van der Waals surface area contributed by atoms with Crippen LogP contribution in [0.25, 0.3) is 0 Å². The third-order valence-electron chi connectivity index (χ3n) is 5.50. The molecule has 2 heterocycles. The molecule has 3 N–H and O–H groups in total. The number of hydrogen-bond acceptors (Lipinski definition) is 9. The summed E-state index contributed by atoms with van der Waals surface area (Å²) in [6.07, 6.45) is -1.29. The fraction of sp³-hybridized carbons (Fsp3) is 0.522. The Hall–Kier alpha value is -3.19. The van der Waals surface area contributed by atoms with Gasteiger partial charge in [0.1, 0.15) is 6.04 Å². The van der Waals surface area contributed by atoms with Crippen molar-refractivity contribution in [3.8, 4) is 0 Å². The molecule has 12 nitrogen and oxygen atoms in total. The minimum atomic E-state index is -1.31. The first kappa shape index (κ1) is 26.4. The maximum atomic E-state index is 13.2. The van der Waals surface area contributed by atoms with E-state index < -0.39 is 41.7 Å². The minimum Gasteiger partial charge on any atom is -0.379 e. The van der Waals surface area contributed by atoms with Crippen molar-refractivity contribution in [1.82, 2.24) is 10.2 Å². The fourth-order valence-electron chi connectivity index (χ4n) is 3.89. The maximum absolute atomic E-state index is 13.2. The van der Waals surface area contributed by atoms with Gasteiger partial charge in [-0.25, -0.2) is 0 Å². The summed E-state index contributed by atoms with van der Waals surface area (Å²) in [7, 11) is 0. The lowest BCUT2D eigenvalue weighted by molar-refractivity contribution is -0.136. The number of nitrogens with zero attached hydrogens (tertiary/aromatic N) is 1. The quantitative estimate of drug-likeness (QED) is 0.263. The first-order chi connectivity index (χ1) is 16.9. The topological polar surface area (TPSA) is 164 Å². The first-order valence-corrected chi connectivity index (χ1v) is 11.4. The van der Waals surface area contributed by atoms with Gasteiger partial charge in [0, 0.05) is 18.6 Å². The Bertz CT molecular complexity index is 981. The fourth-order valence-corrected chi connectivity index (χ4v) is 3.89. The lowest BCUT2D eigenvalue weighted by atomic mass is 9.98. The molecule has 0 spiro atoms. The van der Waals surface area contributed by atoms with Gasteiger partial charge >= 0.3 is 0 Å². The third kappa shape index (κ3) is 6.28. The average Bonchev–Trinajstić information content (AvgIpc) is 3.08. The van der Waals surface area contributed by atoms with Crippen LogP contribution < -0.4 is 11.1 Å². The van der Waals surface area contributed by atoms with Gasteiger partial charge in [-0.3, -0.25) is 34.2 Å². The molecule has 3 rings (SSSR count). The number of fused-ring (bicyclic) bond motifs is 1. The van der Waals surface area contributed by atoms with E-state index in [1.807, 2.05) is 6.92 Å². The van der Waals surface area contributed by atoms with E-state index in [1.165, 1.54) is 18.2 Å². The van der Waals surface area contributed by atoms with Crippen LogP contribution in [0.1, 0.15) is 52.1 Å². The van der Waals surface area contributed by atoms with E-state index in [4.69, 9.17) is 24.7 Å². The Morgan fingerprint density at radius 2 is 1.69 bits per heavy atom. The molecule has 0 aromatic heterocycles. The maximum Gasteiger partial charge on any atom is 0.262 e. The minimum absolute atomic E-state index is 0.00124. The predicted octanol–water partition coefficient (Wildman–Crippen LogP) is -0.299. The van der Waals surface area contributed by atoms with E-state index in [9.17, 15) is 24.0 Å². The predicted molar refractivity (Wildman–Crippen MR) is 119 cm³/mol. The summed E-state index contributed by atoms with van der Waals surface area (Å²) in [5.41, 5.74) is 5.65. The molecule has 2 atom stereocenters. The number of rotatable bonds is 14. The number of benzene rings is 1. The molecule has 1 saturated heterocycles. The van der Waals surface area contributed by atoms with Crippen LogP contribution in [0, 0.1) is 0 Å². The smallest absolute Gasteiger partial charge is 0.262 e. The highest BCUT2D eigenvalue weighted by Crippen LogP contribution is 2.33. The van der Waals surface area contributed by atoms with Crippen molar-refractivity contribution in [3.63, 3.8) is 0 Å². The number of nitrogens with two attached hydrogens (primary N) is 1. The van der Waals surface area contributed by atoms with Crippen LogP contribution in [0.5, 0.6) is 0 Å². The zero-order valence-electron chi connectivity index (χ0n) is 19.4. The molecule has 35 heavy (non-hydrogen) atoms. The molecular weight excluding hydrogens is 462 g/mol. The molecule has 1 aromatic rings. The second-order valence-corrected chi connectivity index (χ2v) is 7.79. The van der Waals surface area contributed by atoms with Crippen LogP contribution in [0.4, 0.5) is 0 Å². The number of primary amides is 1. The number of imide groups is 2. The molecule has 2 unspecified atom stereocenters. The number of carbonyl (C=O) groups is 5. The highest BCUT2D eigenvalue weighted by molar-refractivity contribution is 6.24. The van der Waals surface area contributed by atoms with Gasteiger partial charge in [0.2, 0.25) is 11.8 Å². The van der Waals surface area contributed by atoms with Gasteiger partial charge < -0.3 is 24.7 Å². The number of carbonyl (C=O) groups excluding carboxylic acids is 5. The van der Waals surface area contributed by atoms with Crippen molar-refractivity contribution >= 4 is 29.5 Å². The van der Waals surface area contributed by atoms with Crippen LogP contribution in [-0.2, 0) is 33.3 Å². The van der Waals surface area contributed by atoms with E-state index in [1.54, 1.807) is 0 Å². The molecule has 12 heteroatoms. The van der Waals surface area contributed by atoms with Crippen LogP contribution in [0.2, 0.25) is 0 Å². The van der Waals surface area contributed by atoms with Crippen LogP contribution in [-0.4, -0.2) is 86.7 Å². The second-order valence-electron chi connectivity index (χ2n) is 7.79. The summed E-state index contributed by atoms with van der Waals surface area (Å²) < 4.78 is 21.5. The monoisotopic (exact) mass is 491 g/mol. The lowest BCUT2D eigenvalue weighted by Gasteiger charge is -2.28. The van der Waals surface area contributed by atoms with Gasteiger partial charge in [0.25, 0.3) is 17.7 Å². The van der Waals surface area contributed by atoms with Gasteiger partial charge in [-0.2, -0.15) is 0 Å². The van der Waals surface area contributed by atoms with Crippen LogP contribution >= 0.6 is 0 Å². The van der Waals surface area contributed by atoms with Crippen molar-refractivity contribution in [1.29, 1.82) is 0 Å². The summed E-state index contributed by atoms with van der Waals surface area (Å²) in [5, 5.41) is 2.14. The number of amides is 5. The van der Waals surface area contributed by atoms with E-state index in [2.05, 4.69) is 5.32 Å². The third-order valence-corrected chi connectivity index (χ3v) is 5.50. The Morgan fingerprint density at radius 1 is 1.03 bits per heavy atom. The zero-order valence-corrected chi connectivity index (χ0v) is 19.4. The molecule has 2 aliphatic rings. The molecule has 5 amide bonds. The van der Waals surface area contributed by atoms with E-state index in [0.29, 0.717) is 33.0 Å². The van der Waals surface area contributed by atoms with Crippen LogP contribution in [0.3, 0.4) is 0 Å². The summed E-state index contributed by atoms with van der Waals surface area (Å²) in [4.78, 5) is 62.9. The lowest BCUT2D eigenvalue weighted by Crippen LogP contribution is -2.54. The summed E-state index contributed by atoms with van der Waals surface area (Å²) in [6, 6.07) is 3.28. The molecule has 0 aliphatic carbocycles. The van der Waals surface area contributed by atoms with Crippen molar-refractivity contribution in [2.24, 2.45) is 5.73 Å². The zero-order chi connectivity index (χ0) is 25.4. The number of hydrogen-bond donors (Lipinski definition) is 2. The van der Waals surface area contributed by atoms with Gasteiger partial charge in [0.05, 0.1) is 50.8 Å². The highest BCUT2D eigenvalue weighted by atomic mass is 16.6. The van der Waals surface area contributed by atoms with Gasteiger partial charge in [-0.1, -0.05) is 12.1 Å². The van der Waals surface area contributed by atoms with Gasteiger partial charge in [-0.15, -0.1) is 0 Å². The highest BCUT2D eigenvalue weighted by Gasteiger charge is 2.46.